The maximum absolute atomic E-state index is 9.93. The number of benzene rings is 1. The van der Waals surface area contributed by atoms with Gasteiger partial charge in [0.2, 0.25) is 5.89 Å². The van der Waals surface area contributed by atoms with Crippen LogP contribution in [0.5, 0.6) is 0 Å². The average molecular weight is 307 g/mol. The van der Waals surface area contributed by atoms with Crippen LogP contribution in [0.2, 0.25) is 5.02 Å². The van der Waals surface area contributed by atoms with Crippen LogP contribution in [-0.2, 0) is 6.54 Å². The smallest absolute Gasteiger partial charge is 0.209 e. The summed E-state index contributed by atoms with van der Waals surface area (Å²) in [6.07, 6.45) is 2.47. The largest absolute Gasteiger partial charge is 0.439 e. The van der Waals surface area contributed by atoms with E-state index in [1.165, 1.54) is 0 Å². The number of β-amino-alcohol motifs (C(OH)–C–C–N with tert-alkyl or cyclic N) is 1. The summed E-state index contributed by atoms with van der Waals surface area (Å²) >= 11 is 5.99. The molecule has 2 heterocycles. The predicted molar refractivity (Wildman–Crippen MR) is 82.0 cm³/mol. The summed E-state index contributed by atoms with van der Waals surface area (Å²) in [5.41, 5.74) is 0.925. The molecule has 0 saturated carbocycles. The SMILES string of the molecule is CC1CCN(Cc2ncc(-c3cccc(Cl)c3)o2)CC1O. The van der Waals surface area contributed by atoms with Crippen LogP contribution in [0.15, 0.2) is 34.9 Å². The van der Waals surface area contributed by atoms with E-state index in [4.69, 9.17) is 16.0 Å². The second kappa shape index (κ2) is 6.18. The minimum atomic E-state index is -0.263. The van der Waals surface area contributed by atoms with Gasteiger partial charge in [-0.1, -0.05) is 30.7 Å². The summed E-state index contributed by atoms with van der Waals surface area (Å²) in [4.78, 5) is 6.51. The van der Waals surface area contributed by atoms with E-state index in [2.05, 4.69) is 16.8 Å². The van der Waals surface area contributed by atoms with Gasteiger partial charge in [-0.2, -0.15) is 0 Å². The van der Waals surface area contributed by atoms with Gasteiger partial charge in [0.15, 0.2) is 5.76 Å². The fourth-order valence-corrected chi connectivity index (χ4v) is 2.80. The minimum absolute atomic E-state index is 0.263. The fraction of sp³-hybridized carbons (Fsp3) is 0.438. The highest BCUT2D eigenvalue weighted by Gasteiger charge is 2.25. The topological polar surface area (TPSA) is 49.5 Å². The number of piperidine rings is 1. The lowest BCUT2D eigenvalue weighted by Crippen LogP contribution is -2.42. The third-order valence-corrected chi connectivity index (χ3v) is 4.26. The van der Waals surface area contributed by atoms with Crippen molar-refractivity contribution in [2.75, 3.05) is 13.1 Å². The highest BCUT2D eigenvalue weighted by molar-refractivity contribution is 6.30. The maximum Gasteiger partial charge on any atom is 0.209 e. The summed E-state index contributed by atoms with van der Waals surface area (Å²) in [7, 11) is 0. The van der Waals surface area contributed by atoms with Gasteiger partial charge in [0.25, 0.3) is 0 Å². The number of nitrogens with zero attached hydrogens (tertiary/aromatic N) is 2. The zero-order valence-corrected chi connectivity index (χ0v) is 12.8. The number of aromatic nitrogens is 1. The molecule has 5 heteroatoms. The molecule has 2 unspecified atom stereocenters. The number of oxazole rings is 1. The van der Waals surface area contributed by atoms with Gasteiger partial charge in [-0.3, -0.25) is 4.90 Å². The molecule has 1 aromatic heterocycles. The fourth-order valence-electron chi connectivity index (χ4n) is 2.61. The molecule has 112 valence electrons. The van der Waals surface area contributed by atoms with Crippen molar-refractivity contribution in [3.8, 4) is 11.3 Å². The van der Waals surface area contributed by atoms with E-state index in [-0.39, 0.29) is 6.10 Å². The molecule has 1 aliphatic heterocycles. The van der Waals surface area contributed by atoms with Crippen molar-refractivity contribution in [3.63, 3.8) is 0 Å². The van der Waals surface area contributed by atoms with E-state index in [9.17, 15) is 5.11 Å². The number of aliphatic hydroxyl groups is 1. The Morgan fingerprint density at radius 2 is 2.33 bits per heavy atom. The number of halogens is 1. The molecular formula is C16H19ClN2O2. The van der Waals surface area contributed by atoms with E-state index in [0.717, 1.165) is 24.3 Å². The number of aliphatic hydroxyl groups excluding tert-OH is 1. The first-order valence-corrected chi connectivity index (χ1v) is 7.60. The van der Waals surface area contributed by atoms with Crippen LogP contribution in [0.25, 0.3) is 11.3 Å². The minimum Gasteiger partial charge on any atom is -0.439 e. The summed E-state index contributed by atoms with van der Waals surface area (Å²) in [5, 5.41) is 10.6. The second-order valence-electron chi connectivity index (χ2n) is 5.70. The molecule has 0 bridgehead atoms. The van der Waals surface area contributed by atoms with Gasteiger partial charge < -0.3 is 9.52 Å². The second-order valence-corrected chi connectivity index (χ2v) is 6.13. The normalized spacial score (nSPS) is 23.4. The summed E-state index contributed by atoms with van der Waals surface area (Å²) < 4.78 is 5.80. The van der Waals surface area contributed by atoms with Crippen LogP contribution in [0, 0.1) is 5.92 Å². The third-order valence-electron chi connectivity index (χ3n) is 4.02. The van der Waals surface area contributed by atoms with Crippen LogP contribution < -0.4 is 0 Å². The van der Waals surface area contributed by atoms with Gasteiger partial charge in [0.1, 0.15) is 0 Å². The van der Waals surface area contributed by atoms with Crippen molar-refractivity contribution < 1.29 is 9.52 Å². The van der Waals surface area contributed by atoms with Crippen molar-refractivity contribution >= 4 is 11.6 Å². The van der Waals surface area contributed by atoms with Crippen molar-refractivity contribution in [2.45, 2.75) is 26.0 Å². The van der Waals surface area contributed by atoms with Gasteiger partial charge in [-0.15, -0.1) is 0 Å². The summed E-state index contributed by atoms with van der Waals surface area (Å²) in [5.74, 6) is 1.76. The highest BCUT2D eigenvalue weighted by Crippen LogP contribution is 2.25. The Morgan fingerprint density at radius 1 is 1.48 bits per heavy atom. The molecule has 1 N–H and O–H groups in total. The monoisotopic (exact) mass is 306 g/mol. The molecule has 21 heavy (non-hydrogen) atoms. The number of likely N-dealkylation sites (tertiary alicyclic amines) is 1. The third kappa shape index (κ3) is 3.46. The van der Waals surface area contributed by atoms with Crippen LogP contribution in [0.4, 0.5) is 0 Å². The summed E-state index contributed by atoms with van der Waals surface area (Å²) in [6.45, 7) is 4.36. The number of rotatable bonds is 3. The van der Waals surface area contributed by atoms with Crippen molar-refractivity contribution in [1.29, 1.82) is 0 Å². The number of hydrogen-bond acceptors (Lipinski definition) is 4. The van der Waals surface area contributed by atoms with Crippen molar-refractivity contribution in [3.05, 3.63) is 41.4 Å². The molecular weight excluding hydrogens is 288 g/mol. The Bertz CT molecular complexity index is 614. The maximum atomic E-state index is 9.93. The zero-order valence-electron chi connectivity index (χ0n) is 12.0. The van der Waals surface area contributed by atoms with E-state index in [1.807, 2.05) is 24.3 Å². The lowest BCUT2D eigenvalue weighted by Gasteiger charge is -2.33. The lowest BCUT2D eigenvalue weighted by atomic mass is 9.96. The van der Waals surface area contributed by atoms with Crippen LogP contribution in [0.3, 0.4) is 0 Å². The first kappa shape index (κ1) is 14.6. The van der Waals surface area contributed by atoms with Crippen LogP contribution in [0.1, 0.15) is 19.2 Å². The van der Waals surface area contributed by atoms with Crippen molar-refractivity contribution in [1.82, 2.24) is 9.88 Å². The Kier molecular flexibility index (Phi) is 4.29. The molecule has 1 aromatic carbocycles. The molecule has 2 aromatic rings. The van der Waals surface area contributed by atoms with E-state index < -0.39 is 0 Å². The molecule has 1 aliphatic rings. The standard InChI is InChI=1S/C16H19ClN2O2/c1-11-5-6-19(9-14(11)20)10-16-18-8-15(21-16)12-3-2-4-13(17)7-12/h2-4,7-8,11,14,20H,5-6,9-10H2,1H3. The first-order chi connectivity index (χ1) is 10.1. The molecule has 0 spiro atoms. The van der Waals surface area contributed by atoms with Gasteiger partial charge >= 0.3 is 0 Å². The van der Waals surface area contributed by atoms with Gasteiger partial charge in [-0.25, -0.2) is 4.98 Å². The molecule has 4 nitrogen and oxygen atoms in total. The Labute approximate surface area is 129 Å². The van der Waals surface area contributed by atoms with Gasteiger partial charge in [0, 0.05) is 17.1 Å². The molecule has 3 rings (SSSR count). The molecule has 1 fully saturated rings. The number of hydrogen-bond donors (Lipinski definition) is 1. The van der Waals surface area contributed by atoms with E-state index >= 15 is 0 Å². The first-order valence-electron chi connectivity index (χ1n) is 7.23. The van der Waals surface area contributed by atoms with Crippen LogP contribution >= 0.6 is 11.6 Å². The van der Waals surface area contributed by atoms with E-state index in [0.29, 0.717) is 29.9 Å². The summed E-state index contributed by atoms with van der Waals surface area (Å²) in [6, 6.07) is 7.53. The quantitative estimate of drug-likeness (QED) is 0.946. The van der Waals surface area contributed by atoms with Gasteiger partial charge in [-0.05, 0) is 31.0 Å². The Hall–Kier alpha value is -1.36. The zero-order chi connectivity index (χ0) is 14.8. The molecule has 2 atom stereocenters. The van der Waals surface area contributed by atoms with Gasteiger partial charge in [0.05, 0.1) is 18.8 Å². The van der Waals surface area contributed by atoms with E-state index in [1.54, 1.807) is 6.20 Å². The average Bonchev–Trinajstić information content (AvgIpc) is 2.91. The highest BCUT2D eigenvalue weighted by atomic mass is 35.5. The molecule has 0 aliphatic carbocycles. The predicted octanol–water partition coefficient (Wildman–Crippen LogP) is 3.20. The van der Waals surface area contributed by atoms with Crippen molar-refractivity contribution in [2.24, 2.45) is 5.92 Å². The lowest BCUT2D eigenvalue weighted by molar-refractivity contribution is 0.0228. The van der Waals surface area contributed by atoms with Crippen LogP contribution in [-0.4, -0.2) is 34.2 Å². The molecule has 0 amide bonds. The Morgan fingerprint density at radius 3 is 3.10 bits per heavy atom. The molecule has 0 radical (unpaired) electrons. The Balaban J connectivity index is 1.68. The molecule has 1 saturated heterocycles.